The fourth-order valence-electron chi connectivity index (χ4n) is 4.32. The van der Waals surface area contributed by atoms with E-state index in [1.165, 1.54) is 15.4 Å². The van der Waals surface area contributed by atoms with Gasteiger partial charge in [0.25, 0.3) is 5.91 Å². The Morgan fingerprint density at radius 1 is 0.806 bits per heavy atom. The van der Waals surface area contributed by atoms with Crippen molar-refractivity contribution in [2.24, 2.45) is 0 Å². The van der Waals surface area contributed by atoms with Gasteiger partial charge in [-0.1, -0.05) is 0 Å². The number of carbonyl (C=O) groups is 1. The predicted octanol–water partition coefficient (Wildman–Crippen LogP) is -0.501. The van der Waals surface area contributed by atoms with Gasteiger partial charge in [-0.2, -0.15) is 0 Å². The van der Waals surface area contributed by atoms with Crippen molar-refractivity contribution in [1.82, 2.24) is 0 Å². The zero-order valence-corrected chi connectivity index (χ0v) is 17.6. The van der Waals surface area contributed by atoms with Crippen LogP contribution in [0.15, 0.2) is 36.4 Å². The summed E-state index contributed by atoms with van der Waals surface area (Å²) in [6.45, 7) is 7.09. The first-order chi connectivity index (χ1) is 15.2. The van der Waals surface area contributed by atoms with E-state index < -0.39 is 0 Å². The van der Waals surface area contributed by atoms with E-state index in [9.17, 15) is 4.79 Å². The van der Waals surface area contributed by atoms with Gasteiger partial charge in [-0.15, -0.1) is 0 Å². The van der Waals surface area contributed by atoms with E-state index in [2.05, 4.69) is 17.4 Å². The fourth-order valence-corrected chi connectivity index (χ4v) is 4.32. The first-order valence-corrected chi connectivity index (χ1v) is 11.0. The summed E-state index contributed by atoms with van der Waals surface area (Å²) in [6.07, 6.45) is 0.863. The summed E-state index contributed by atoms with van der Waals surface area (Å²) in [5.41, 5.74) is 2.01. The van der Waals surface area contributed by atoms with Crippen molar-refractivity contribution in [3.63, 3.8) is 0 Å². The molecule has 0 spiro atoms. The first-order valence-electron chi connectivity index (χ1n) is 11.0. The van der Waals surface area contributed by atoms with Gasteiger partial charge in [0.15, 0.2) is 29.5 Å². The number of quaternary nitrogens is 2. The Balaban J connectivity index is 1.09. The second-order valence-corrected chi connectivity index (χ2v) is 8.30. The lowest BCUT2D eigenvalue weighted by atomic mass is 10.1. The quantitative estimate of drug-likeness (QED) is 0.600. The summed E-state index contributed by atoms with van der Waals surface area (Å²) in [6, 6.07) is 11.8. The minimum absolute atomic E-state index is 0.0312. The van der Waals surface area contributed by atoms with Gasteiger partial charge in [-0.25, -0.2) is 0 Å². The number of piperazine rings is 1. The number of anilines is 1. The van der Waals surface area contributed by atoms with Gasteiger partial charge >= 0.3 is 0 Å². The molecule has 8 nitrogen and oxygen atoms in total. The second-order valence-electron chi connectivity index (χ2n) is 8.30. The van der Waals surface area contributed by atoms with Gasteiger partial charge in [0.1, 0.15) is 32.7 Å². The first kappa shape index (κ1) is 20.0. The Morgan fingerprint density at radius 3 is 2.35 bits per heavy atom. The van der Waals surface area contributed by atoms with Crippen LogP contribution in [0, 0.1) is 0 Å². The standard InChI is InChI=1S/C23H27N3O5/c27-23(24-18-3-5-19-22(13-18)29-11-1-10-28-19)15-26-8-6-25(7-9-26)14-17-2-4-20-21(12-17)31-16-30-20/h2-5,12-13H,1,6-11,14-16H2,(H,24,27)/p+2. The highest BCUT2D eigenvalue weighted by Crippen LogP contribution is 2.33. The summed E-state index contributed by atoms with van der Waals surface area (Å²) >= 11 is 0. The van der Waals surface area contributed by atoms with Crippen molar-refractivity contribution in [2.75, 3.05) is 58.0 Å². The van der Waals surface area contributed by atoms with Crippen LogP contribution in [0.25, 0.3) is 0 Å². The maximum Gasteiger partial charge on any atom is 0.279 e. The second kappa shape index (κ2) is 9.03. The molecule has 2 aromatic rings. The molecular formula is C23H29N3O5+2. The number of nitrogens with one attached hydrogen (secondary N) is 3. The molecule has 3 N–H and O–H groups in total. The third-order valence-corrected chi connectivity index (χ3v) is 6.00. The zero-order chi connectivity index (χ0) is 21.0. The summed E-state index contributed by atoms with van der Waals surface area (Å²) in [4.78, 5) is 15.4. The molecule has 0 aromatic heterocycles. The van der Waals surface area contributed by atoms with E-state index in [0.29, 0.717) is 32.3 Å². The third kappa shape index (κ3) is 4.86. The summed E-state index contributed by atoms with van der Waals surface area (Å²) in [7, 11) is 0. The van der Waals surface area contributed by atoms with E-state index in [0.717, 1.165) is 62.1 Å². The number of rotatable bonds is 5. The molecule has 0 atom stereocenters. The monoisotopic (exact) mass is 427 g/mol. The lowest BCUT2D eigenvalue weighted by Crippen LogP contribution is -3.28. The van der Waals surface area contributed by atoms with E-state index in [1.54, 1.807) is 0 Å². The lowest BCUT2D eigenvalue weighted by Gasteiger charge is -2.29. The highest BCUT2D eigenvalue weighted by Gasteiger charge is 2.26. The SMILES string of the molecule is O=C(C[NH+]1CC[NH+](Cc2ccc3c(c2)OCO3)CC1)Nc1ccc2c(c1)OCCCO2. The molecule has 0 bridgehead atoms. The van der Waals surface area contributed by atoms with Crippen LogP contribution in [0.5, 0.6) is 23.0 Å². The Hall–Kier alpha value is -2.97. The Labute approximate surface area is 181 Å². The highest BCUT2D eigenvalue weighted by atomic mass is 16.7. The normalized spacial score (nSPS) is 21.9. The van der Waals surface area contributed by atoms with Crippen LogP contribution in [0.3, 0.4) is 0 Å². The van der Waals surface area contributed by atoms with Crippen molar-refractivity contribution < 1.29 is 33.5 Å². The summed E-state index contributed by atoms with van der Waals surface area (Å²) < 4.78 is 22.2. The van der Waals surface area contributed by atoms with E-state index in [-0.39, 0.29) is 5.91 Å². The number of fused-ring (bicyclic) bond motifs is 2. The van der Waals surface area contributed by atoms with Crippen molar-refractivity contribution in [2.45, 2.75) is 13.0 Å². The Kier molecular flexibility index (Phi) is 5.82. The van der Waals surface area contributed by atoms with Crippen LogP contribution in [0.2, 0.25) is 0 Å². The largest absolute Gasteiger partial charge is 0.490 e. The minimum atomic E-state index is 0.0312. The molecule has 1 amide bonds. The Bertz CT molecular complexity index is 943. The number of carbonyl (C=O) groups excluding carboxylic acids is 1. The molecule has 8 heteroatoms. The zero-order valence-electron chi connectivity index (χ0n) is 17.6. The topological polar surface area (TPSA) is 74.9 Å². The molecule has 1 saturated heterocycles. The molecular weight excluding hydrogens is 398 g/mol. The molecule has 3 aliphatic heterocycles. The maximum atomic E-state index is 12.6. The lowest BCUT2D eigenvalue weighted by molar-refractivity contribution is -1.02. The van der Waals surface area contributed by atoms with E-state index in [1.807, 2.05) is 24.3 Å². The predicted molar refractivity (Wildman–Crippen MR) is 113 cm³/mol. The van der Waals surface area contributed by atoms with Crippen molar-refractivity contribution >= 4 is 11.6 Å². The third-order valence-electron chi connectivity index (χ3n) is 6.00. The van der Waals surface area contributed by atoms with Crippen LogP contribution < -0.4 is 34.1 Å². The molecule has 3 aliphatic rings. The fraction of sp³-hybridized carbons (Fsp3) is 0.435. The van der Waals surface area contributed by atoms with Gasteiger partial charge < -0.3 is 34.1 Å². The summed E-state index contributed by atoms with van der Waals surface area (Å²) in [5, 5.41) is 3.01. The summed E-state index contributed by atoms with van der Waals surface area (Å²) in [5.74, 6) is 3.13. The van der Waals surface area contributed by atoms with Crippen LogP contribution in [0.1, 0.15) is 12.0 Å². The Morgan fingerprint density at radius 2 is 1.48 bits per heavy atom. The smallest absolute Gasteiger partial charge is 0.279 e. The number of ether oxygens (including phenoxy) is 4. The molecule has 0 aliphatic carbocycles. The van der Waals surface area contributed by atoms with Crippen LogP contribution in [-0.4, -0.2) is 58.6 Å². The van der Waals surface area contributed by atoms with Gasteiger partial charge in [0.05, 0.1) is 13.2 Å². The number of benzene rings is 2. The van der Waals surface area contributed by atoms with E-state index in [4.69, 9.17) is 18.9 Å². The molecule has 2 aromatic carbocycles. The van der Waals surface area contributed by atoms with Crippen LogP contribution in [-0.2, 0) is 11.3 Å². The number of hydrogen-bond acceptors (Lipinski definition) is 5. The van der Waals surface area contributed by atoms with Gasteiger partial charge in [0, 0.05) is 23.7 Å². The molecule has 0 saturated carbocycles. The molecule has 0 unspecified atom stereocenters. The highest BCUT2D eigenvalue weighted by molar-refractivity contribution is 5.91. The van der Waals surface area contributed by atoms with Crippen molar-refractivity contribution in [3.8, 4) is 23.0 Å². The molecule has 0 radical (unpaired) electrons. The molecule has 31 heavy (non-hydrogen) atoms. The van der Waals surface area contributed by atoms with Crippen LogP contribution >= 0.6 is 0 Å². The average Bonchev–Trinajstić information content (AvgIpc) is 3.11. The minimum Gasteiger partial charge on any atom is -0.490 e. The molecule has 3 heterocycles. The van der Waals surface area contributed by atoms with Crippen molar-refractivity contribution in [3.05, 3.63) is 42.0 Å². The molecule has 5 rings (SSSR count). The maximum absolute atomic E-state index is 12.6. The molecule has 1 fully saturated rings. The van der Waals surface area contributed by atoms with E-state index >= 15 is 0 Å². The molecule has 164 valence electrons. The average molecular weight is 428 g/mol. The van der Waals surface area contributed by atoms with Gasteiger partial charge in [-0.05, 0) is 30.3 Å². The number of hydrogen-bond donors (Lipinski definition) is 3. The van der Waals surface area contributed by atoms with Crippen LogP contribution in [0.4, 0.5) is 5.69 Å². The number of amides is 1. The van der Waals surface area contributed by atoms with Gasteiger partial charge in [0.2, 0.25) is 6.79 Å². The van der Waals surface area contributed by atoms with Crippen molar-refractivity contribution in [1.29, 1.82) is 0 Å². The van der Waals surface area contributed by atoms with Gasteiger partial charge in [-0.3, -0.25) is 4.79 Å².